The van der Waals surface area contributed by atoms with Gasteiger partial charge in [-0.15, -0.1) is 0 Å². The van der Waals surface area contributed by atoms with Crippen LogP contribution in [0, 0.1) is 0 Å². The molecular formula is C17H29BrN2. The maximum absolute atomic E-state index is 3.68. The summed E-state index contributed by atoms with van der Waals surface area (Å²) >= 11 is 3.58. The molecule has 0 aromatic heterocycles. The van der Waals surface area contributed by atoms with Gasteiger partial charge in [0.2, 0.25) is 0 Å². The fourth-order valence-corrected chi connectivity index (χ4v) is 2.92. The molecule has 1 atom stereocenters. The second-order valence-electron chi connectivity index (χ2n) is 5.57. The van der Waals surface area contributed by atoms with Gasteiger partial charge in [0.1, 0.15) is 0 Å². The van der Waals surface area contributed by atoms with Gasteiger partial charge in [0, 0.05) is 23.1 Å². The van der Waals surface area contributed by atoms with E-state index in [4.69, 9.17) is 0 Å². The molecule has 0 aliphatic carbocycles. The van der Waals surface area contributed by atoms with Crippen molar-refractivity contribution in [3.63, 3.8) is 0 Å². The summed E-state index contributed by atoms with van der Waals surface area (Å²) < 4.78 is 1.16. The molecular weight excluding hydrogens is 312 g/mol. The SMILES string of the molecule is CCCNC(CCN(CC)C(C)C)c1cccc(Br)c1. The second kappa shape index (κ2) is 9.54. The van der Waals surface area contributed by atoms with E-state index < -0.39 is 0 Å². The third-order valence-corrected chi connectivity index (χ3v) is 4.23. The summed E-state index contributed by atoms with van der Waals surface area (Å²) in [5.74, 6) is 0. The van der Waals surface area contributed by atoms with Crippen molar-refractivity contribution in [1.82, 2.24) is 10.2 Å². The van der Waals surface area contributed by atoms with E-state index in [9.17, 15) is 0 Å². The lowest BCUT2D eigenvalue weighted by Crippen LogP contribution is -2.34. The number of hydrogen-bond acceptors (Lipinski definition) is 2. The number of halogens is 1. The van der Waals surface area contributed by atoms with Crippen LogP contribution >= 0.6 is 15.9 Å². The van der Waals surface area contributed by atoms with Gasteiger partial charge in [-0.25, -0.2) is 0 Å². The zero-order valence-corrected chi connectivity index (χ0v) is 14.9. The van der Waals surface area contributed by atoms with E-state index in [0.29, 0.717) is 12.1 Å². The third-order valence-electron chi connectivity index (χ3n) is 3.73. The molecule has 1 N–H and O–H groups in total. The molecule has 114 valence electrons. The summed E-state index contributed by atoms with van der Waals surface area (Å²) in [7, 11) is 0. The lowest BCUT2D eigenvalue weighted by Gasteiger charge is -2.28. The molecule has 0 aliphatic heterocycles. The van der Waals surface area contributed by atoms with Crippen LogP contribution in [0.5, 0.6) is 0 Å². The van der Waals surface area contributed by atoms with E-state index >= 15 is 0 Å². The Hall–Kier alpha value is -0.380. The molecule has 1 rings (SSSR count). The van der Waals surface area contributed by atoms with Crippen LogP contribution < -0.4 is 5.32 Å². The zero-order chi connectivity index (χ0) is 15.0. The molecule has 20 heavy (non-hydrogen) atoms. The molecule has 0 aliphatic rings. The number of rotatable bonds is 9. The van der Waals surface area contributed by atoms with Gasteiger partial charge in [0.05, 0.1) is 0 Å². The molecule has 3 heteroatoms. The van der Waals surface area contributed by atoms with Gasteiger partial charge in [-0.1, -0.05) is 41.9 Å². The van der Waals surface area contributed by atoms with Crippen LogP contribution in [0.15, 0.2) is 28.7 Å². The highest BCUT2D eigenvalue weighted by Crippen LogP contribution is 2.21. The van der Waals surface area contributed by atoms with Gasteiger partial charge in [0.25, 0.3) is 0 Å². The summed E-state index contributed by atoms with van der Waals surface area (Å²) in [5, 5.41) is 3.68. The van der Waals surface area contributed by atoms with E-state index in [-0.39, 0.29) is 0 Å². The van der Waals surface area contributed by atoms with Crippen molar-refractivity contribution in [2.24, 2.45) is 0 Å². The van der Waals surface area contributed by atoms with Gasteiger partial charge >= 0.3 is 0 Å². The predicted molar refractivity (Wildman–Crippen MR) is 92.2 cm³/mol. The fourth-order valence-electron chi connectivity index (χ4n) is 2.50. The van der Waals surface area contributed by atoms with Gasteiger partial charge in [-0.3, -0.25) is 0 Å². The normalized spacial score (nSPS) is 13.2. The Morgan fingerprint density at radius 3 is 2.55 bits per heavy atom. The van der Waals surface area contributed by atoms with Crippen LogP contribution in [0.4, 0.5) is 0 Å². The first-order valence-electron chi connectivity index (χ1n) is 7.81. The molecule has 0 bridgehead atoms. The summed E-state index contributed by atoms with van der Waals surface area (Å²) in [4.78, 5) is 2.53. The van der Waals surface area contributed by atoms with Gasteiger partial charge in [-0.2, -0.15) is 0 Å². The molecule has 0 amide bonds. The number of nitrogens with zero attached hydrogens (tertiary/aromatic N) is 1. The molecule has 1 aromatic carbocycles. The van der Waals surface area contributed by atoms with Crippen LogP contribution in [0.1, 0.15) is 52.1 Å². The van der Waals surface area contributed by atoms with E-state index in [0.717, 1.165) is 30.5 Å². The van der Waals surface area contributed by atoms with Gasteiger partial charge < -0.3 is 10.2 Å². The van der Waals surface area contributed by atoms with Crippen molar-refractivity contribution < 1.29 is 0 Å². The Labute approximate surface area is 133 Å². The number of nitrogens with one attached hydrogen (secondary N) is 1. The molecule has 0 fully saturated rings. The molecule has 1 unspecified atom stereocenters. The summed E-state index contributed by atoms with van der Waals surface area (Å²) in [6.07, 6.45) is 2.33. The lowest BCUT2D eigenvalue weighted by molar-refractivity contribution is 0.220. The largest absolute Gasteiger partial charge is 0.310 e. The summed E-state index contributed by atoms with van der Waals surface area (Å²) in [6, 6.07) is 9.74. The third kappa shape index (κ3) is 5.94. The smallest absolute Gasteiger partial charge is 0.0332 e. The minimum atomic E-state index is 0.445. The van der Waals surface area contributed by atoms with Crippen molar-refractivity contribution in [3.8, 4) is 0 Å². The maximum atomic E-state index is 3.68. The standard InChI is InChI=1S/C17H29BrN2/c1-5-11-19-17(10-12-20(6-2)14(3)4)15-8-7-9-16(18)13-15/h7-9,13-14,17,19H,5-6,10-12H2,1-4H3. The van der Waals surface area contributed by atoms with Crippen LogP contribution in [-0.2, 0) is 0 Å². The lowest BCUT2D eigenvalue weighted by atomic mass is 10.0. The minimum Gasteiger partial charge on any atom is -0.310 e. The monoisotopic (exact) mass is 340 g/mol. The molecule has 1 aromatic rings. The Kier molecular flexibility index (Phi) is 8.43. The highest BCUT2D eigenvalue weighted by atomic mass is 79.9. The predicted octanol–water partition coefficient (Wildman–Crippen LogP) is 4.61. The van der Waals surface area contributed by atoms with Crippen molar-refractivity contribution >= 4 is 15.9 Å². The molecule has 0 heterocycles. The minimum absolute atomic E-state index is 0.445. The second-order valence-corrected chi connectivity index (χ2v) is 6.49. The fraction of sp³-hybridized carbons (Fsp3) is 0.647. The Balaban J connectivity index is 2.69. The highest BCUT2D eigenvalue weighted by Gasteiger charge is 2.14. The van der Waals surface area contributed by atoms with E-state index in [1.54, 1.807) is 0 Å². The molecule has 0 spiro atoms. The Morgan fingerprint density at radius 1 is 1.25 bits per heavy atom. The Bertz CT molecular complexity index is 379. The summed E-state index contributed by atoms with van der Waals surface area (Å²) in [5.41, 5.74) is 1.38. The average Bonchev–Trinajstić information content (AvgIpc) is 2.42. The first kappa shape index (κ1) is 17.7. The van der Waals surface area contributed by atoms with Gasteiger partial charge in [0.15, 0.2) is 0 Å². The molecule has 0 radical (unpaired) electrons. The van der Waals surface area contributed by atoms with Crippen LogP contribution in [0.25, 0.3) is 0 Å². The quantitative estimate of drug-likeness (QED) is 0.706. The number of hydrogen-bond donors (Lipinski definition) is 1. The van der Waals surface area contributed by atoms with Crippen molar-refractivity contribution in [1.29, 1.82) is 0 Å². The van der Waals surface area contributed by atoms with Crippen LogP contribution in [0.2, 0.25) is 0 Å². The molecule has 0 saturated carbocycles. The van der Waals surface area contributed by atoms with Crippen molar-refractivity contribution in [3.05, 3.63) is 34.3 Å². The topological polar surface area (TPSA) is 15.3 Å². The van der Waals surface area contributed by atoms with Crippen molar-refractivity contribution in [2.45, 2.75) is 52.6 Å². The zero-order valence-electron chi connectivity index (χ0n) is 13.3. The van der Waals surface area contributed by atoms with E-state index in [1.165, 1.54) is 12.0 Å². The Morgan fingerprint density at radius 2 is 2.00 bits per heavy atom. The maximum Gasteiger partial charge on any atom is 0.0332 e. The first-order valence-corrected chi connectivity index (χ1v) is 8.60. The van der Waals surface area contributed by atoms with Crippen LogP contribution in [-0.4, -0.2) is 30.6 Å². The van der Waals surface area contributed by atoms with E-state index in [2.05, 4.69) is 78.1 Å². The van der Waals surface area contributed by atoms with Crippen molar-refractivity contribution in [2.75, 3.05) is 19.6 Å². The highest BCUT2D eigenvalue weighted by molar-refractivity contribution is 9.10. The van der Waals surface area contributed by atoms with Crippen LogP contribution in [0.3, 0.4) is 0 Å². The van der Waals surface area contributed by atoms with E-state index in [1.807, 2.05) is 0 Å². The number of benzene rings is 1. The summed E-state index contributed by atoms with van der Waals surface area (Å²) in [6.45, 7) is 12.4. The van der Waals surface area contributed by atoms with Gasteiger partial charge in [-0.05, 0) is 57.5 Å². The molecule has 0 saturated heterocycles. The molecule has 2 nitrogen and oxygen atoms in total. The first-order chi connectivity index (χ1) is 9.58. The average molecular weight is 341 g/mol.